The predicted octanol–water partition coefficient (Wildman–Crippen LogP) is 2.18. The maximum atomic E-state index is 12.9. The van der Waals surface area contributed by atoms with E-state index >= 15 is 0 Å². The van der Waals surface area contributed by atoms with Crippen LogP contribution in [-0.2, 0) is 0 Å². The lowest BCUT2D eigenvalue weighted by atomic mass is 10.2. The molecule has 1 N–H and O–H groups in total. The Bertz CT molecular complexity index is 312. The Kier molecular flexibility index (Phi) is 2.71. The summed E-state index contributed by atoms with van der Waals surface area (Å²) in [7, 11) is 0. The molecule has 0 aliphatic heterocycles. The van der Waals surface area contributed by atoms with Crippen LogP contribution in [0, 0.1) is 25.1 Å². The molecule has 0 saturated carbocycles. The van der Waals surface area contributed by atoms with Crippen molar-refractivity contribution in [3.05, 3.63) is 29.6 Å². The van der Waals surface area contributed by atoms with Crippen LogP contribution in [-0.4, -0.2) is 6.54 Å². The average molecular weight is 163 g/mol. The van der Waals surface area contributed by atoms with Gasteiger partial charge in [0.15, 0.2) is 0 Å². The smallest absolute Gasteiger partial charge is 0.128 e. The van der Waals surface area contributed by atoms with Crippen molar-refractivity contribution < 1.29 is 4.39 Å². The lowest BCUT2D eigenvalue weighted by Gasteiger charge is -2.06. The zero-order chi connectivity index (χ0) is 8.97. The molecular formula is C10H10FN. The summed E-state index contributed by atoms with van der Waals surface area (Å²) in [5, 5.41) is 2.93. The second-order valence-corrected chi connectivity index (χ2v) is 2.47. The van der Waals surface area contributed by atoms with E-state index in [1.54, 1.807) is 19.1 Å². The zero-order valence-electron chi connectivity index (χ0n) is 6.89. The molecule has 0 fully saturated rings. The van der Waals surface area contributed by atoms with E-state index < -0.39 is 0 Å². The minimum atomic E-state index is -0.211. The van der Waals surface area contributed by atoms with E-state index in [0.717, 1.165) is 5.69 Å². The van der Waals surface area contributed by atoms with Gasteiger partial charge in [-0.1, -0.05) is 12.0 Å². The van der Waals surface area contributed by atoms with Gasteiger partial charge >= 0.3 is 0 Å². The second-order valence-electron chi connectivity index (χ2n) is 2.47. The Hall–Kier alpha value is -1.49. The third kappa shape index (κ3) is 1.76. The van der Waals surface area contributed by atoms with Crippen LogP contribution in [0.2, 0.25) is 0 Å². The first kappa shape index (κ1) is 8.61. The van der Waals surface area contributed by atoms with Crippen molar-refractivity contribution in [2.24, 2.45) is 0 Å². The van der Waals surface area contributed by atoms with E-state index in [-0.39, 0.29) is 5.82 Å². The summed E-state index contributed by atoms with van der Waals surface area (Å²) in [5.74, 6) is 2.22. The number of hydrogen-bond donors (Lipinski definition) is 1. The monoisotopic (exact) mass is 163 g/mol. The van der Waals surface area contributed by atoms with E-state index in [0.29, 0.717) is 12.1 Å². The summed E-state index contributed by atoms with van der Waals surface area (Å²) in [6.45, 7) is 2.14. The van der Waals surface area contributed by atoms with Crippen molar-refractivity contribution >= 4 is 5.69 Å². The number of terminal acetylenes is 1. The van der Waals surface area contributed by atoms with Crippen LogP contribution in [0.25, 0.3) is 0 Å². The van der Waals surface area contributed by atoms with Gasteiger partial charge in [-0.05, 0) is 19.1 Å². The van der Waals surface area contributed by atoms with Crippen LogP contribution in [0.5, 0.6) is 0 Å². The molecule has 0 aliphatic rings. The highest BCUT2D eigenvalue weighted by Gasteiger charge is 2.00. The summed E-state index contributed by atoms with van der Waals surface area (Å²) in [5.41, 5.74) is 1.36. The van der Waals surface area contributed by atoms with Crippen LogP contribution < -0.4 is 5.32 Å². The Morgan fingerprint density at radius 2 is 2.33 bits per heavy atom. The van der Waals surface area contributed by atoms with Gasteiger partial charge in [-0.25, -0.2) is 4.39 Å². The first-order chi connectivity index (χ1) is 5.75. The number of nitrogens with one attached hydrogen (secondary N) is 1. The van der Waals surface area contributed by atoms with Gasteiger partial charge in [0.1, 0.15) is 5.82 Å². The lowest BCUT2D eigenvalue weighted by molar-refractivity contribution is 0.619. The van der Waals surface area contributed by atoms with Crippen molar-refractivity contribution in [2.75, 3.05) is 11.9 Å². The molecule has 0 unspecified atom stereocenters. The zero-order valence-corrected chi connectivity index (χ0v) is 6.89. The van der Waals surface area contributed by atoms with E-state index in [9.17, 15) is 4.39 Å². The van der Waals surface area contributed by atoms with Crippen LogP contribution in [0.4, 0.5) is 10.1 Å². The van der Waals surface area contributed by atoms with Crippen LogP contribution in [0.1, 0.15) is 5.56 Å². The molecule has 2 heteroatoms. The van der Waals surface area contributed by atoms with Crippen LogP contribution in [0.3, 0.4) is 0 Å². The lowest BCUT2D eigenvalue weighted by Crippen LogP contribution is -2.01. The molecule has 0 aliphatic carbocycles. The molecule has 62 valence electrons. The van der Waals surface area contributed by atoms with Gasteiger partial charge in [0, 0.05) is 11.3 Å². The molecule has 0 amide bonds. The molecule has 0 aromatic heterocycles. The van der Waals surface area contributed by atoms with Gasteiger partial charge in [-0.15, -0.1) is 6.42 Å². The van der Waals surface area contributed by atoms with Crippen LogP contribution in [0.15, 0.2) is 18.2 Å². The predicted molar refractivity (Wildman–Crippen MR) is 48.5 cm³/mol. The second kappa shape index (κ2) is 3.77. The Labute approximate surface area is 71.6 Å². The third-order valence-corrected chi connectivity index (χ3v) is 1.65. The van der Waals surface area contributed by atoms with Gasteiger partial charge in [-0.2, -0.15) is 0 Å². The molecule has 0 heterocycles. The fraction of sp³-hybridized carbons (Fsp3) is 0.200. The number of hydrogen-bond acceptors (Lipinski definition) is 1. The molecule has 1 nitrogen and oxygen atoms in total. The number of rotatable bonds is 2. The molecule has 0 radical (unpaired) electrons. The van der Waals surface area contributed by atoms with Crippen molar-refractivity contribution in [2.45, 2.75) is 6.92 Å². The molecule has 1 aromatic rings. The highest BCUT2D eigenvalue weighted by molar-refractivity contribution is 5.51. The summed E-state index contributed by atoms with van der Waals surface area (Å²) in [6, 6.07) is 4.88. The minimum absolute atomic E-state index is 0.211. The quantitative estimate of drug-likeness (QED) is 0.659. The summed E-state index contributed by atoms with van der Waals surface area (Å²) < 4.78 is 12.9. The highest BCUT2D eigenvalue weighted by atomic mass is 19.1. The van der Waals surface area contributed by atoms with Gasteiger partial charge in [0.25, 0.3) is 0 Å². The molecule has 1 rings (SSSR count). The Morgan fingerprint density at radius 3 is 3.00 bits per heavy atom. The molecule has 0 spiro atoms. The maximum Gasteiger partial charge on any atom is 0.128 e. The maximum absolute atomic E-state index is 12.9. The van der Waals surface area contributed by atoms with Gasteiger partial charge in [0.05, 0.1) is 6.54 Å². The Balaban J connectivity index is 2.86. The first-order valence-electron chi connectivity index (χ1n) is 3.68. The molecular weight excluding hydrogens is 153 g/mol. The SMILES string of the molecule is C#CCNc1cccc(F)c1C. The van der Waals surface area contributed by atoms with Crippen molar-refractivity contribution in [1.29, 1.82) is 0 Å². The van der Waals surface area contributed by atoms with E-state index in [1.165, 1.54) is 6.07 Å². The third-order valence-electron chi connectivity index (χ3n) is 1.65. The first-order valence-corrected chi connectivity index (χ1v) is 3.68. The van der Waals surface area contributed by atoms with Gasteiger partial charge < -0.3 is 5.32 Å². The number of halogens is 1. The fourth-order valence-corrected chi connectivity index (χ4v) is 0.945. The van der Waals surface area contributed by atoms with E-state index in [2.05, 4.69) is 11.2 Å². The normalized spacial score (nSPS) is 9.08. The molecule has 0 saturated heterocycles. The minimum Gasteiger partial charge on any atom is -0.374 e. The van der Waals surface area contributed by atoms with Crippen molar-refractivity contribution in [3.8, 4) is 12.3 Å². The van der Waals surface area contributed by atoms with Crippen molar-refractivity contribution in [3.63, 3.8) is 0 Å². The number of anilines is 1. The van der Waals surface area contributed by atoms with E-state index in [1.807, 2.05) is 0 Å². The molecule has 1 aromatic carbocycles. The Morgan fingerprint density at radius 1 is 1.58 bits per heavy atom. The topological polar surface area (TPSA) is 12.0 Å². The standard InChI is InChI=1S/C10H10FN/c1-3-7-12-10-6-4-5-9(11)8(10)2/h1,4-6,12H,7H2,2H3. The van der Waals surface area contributed by atoms with Gasteiger partial charge in [0.2, 0.25) is 0 Å². The highest BCUT2D eigenvalue weighted by Crippen LogP contribution is 2.16. The largest absolute Gasteiger partial charge is 0.374 e. The van der Waals surface area contributed by atoms with Crippen molar-refractivity contribution in [1.82, 2.24) is 0 Å². The molecule has 0 atom stereocenters. The fourth-order valence-electron chi connectivity index (χ4n) is 0.945. The number of benzene rings is 1. The van der Waals surface area contributed by atoms with E-state index in [4.69, 9.17) is 6.42 Å². The summed E-state index contributed by atoms with van der Waals surface area (Å²) in [4.78, 5) is 0. The average Bonchev–Trinajstić information content (AvgIpc) is 2.08. The van der Waals surface area contributed by atoms with Crippen LogP contribution >= 0.6 is 0 Å². The molecule has 0 bridgehead atoms. The summed E-state index contributed by atoms with van der Waals surface area (Å²) >= 11 is 0. The molecule has 12 heavy (non-hydrogen) atoms. The summed E-state index contributed by atoms with van der Waals surface area (Å²) in [6.07, 6.45) is 5.06. The van der Waals surface area contributed by atoms with Gasteiger partial charge in [-0.3, -0.25) is 0 Å².